The molecule has 3 heteroatoms. The Labute approximate surface area is 71.2 Å². The van der Waals surface area contributed by atoms with Gasteiger partial charge in [0.2, 0.25) is 0 Å². The van der Waals surface area contributed by atoms with Crippen LogP contribution in [0.4, 0.5) is 0 Å². The van der Waals surface area contributed by atoms with Gasteiger partial charge in [0.25, 0.3) is 0 Å². The number of allylic oxidation sites excluding steroid dienone is 3. The van der Waals surface area contributed by atoms with Crippen molar-refractivity contribution in [3.8, 4) is 0 Å². The Hall–Kier alpha value is -0.760. The number of hydrogen-bond donors (Lipinski definition) is 1. The first-order valence-corrected chi connectivity index (χ1v) is 3.73. The summed E-state index contributed by atoms with van der Waals surface area (Å²) in [5.41, 5.74) is 0.213. The van der Waals surface area contributed by atoms with Crippen molar-refractivity contribution >= 4 is 17.6 Å². The maximum atomic E-state index is 10.5. The number of rotatable bonds is 3. The van der Waals surface area contributed by atoms with Crippen LogP contribution in [0.1, 0.15) is 13.8 Å². The van der Waals surface area contributed by atoms with Gasteiger partial charge in [0, 0.05) is 0 Å². The Morgan fingerprint density at radius 3 is 2.45 bits per heavy atom. The van der Waals surface area contributed by atoms with Gasteiger partial charge in [0.15, 0.2) is 0 Å². The maximum absolute atomic E-state index is 10.5. The SMILES string of the molecule is CC=CC=C(C(=O)O)C(C)Cl. The predicted octanol–water partition coefficient (Wildman–Crippen LogP) is 2.20. The molecule has 0 aromatic carbocycles. The van der Waals surface area contributed by atoms with Crippen molar-refractivity contribution in [3.05, 3.63) is 23.8 Å². The van der Waals surface area contributed by atoms with E-state index in [1.54, 1.807) is 19.1 Å². The number of carboxylic acid groups (broad SMARTS) is 1. The number of carboxylic acids is 1. The van der Waals surface area contributed by atoms with E-state index in [-0.39, 0.29) is 5.57 Å². The second-order valence-corrected chi connectivity index (χ2v) is 2.72. The molecule has 11 heavy (non-hydrogen) atoms. The molecule has 0 saturated heterocycles. The number of aliphatic carboxylic acids is 1. The van der Waals surface area contributed by atoms with Crippen LogP contribution in [0, 0.1) is 0 Å². The van der Waals surface area contributed by atoms with Crippen LogP contribution < -0.4 is 0 Å². The standard InChI is InChI=1S/C8H11ClO2/c1-3-4-5-7(6(2)9)8(10)11/h3-6H,1-2H3,(H,10,11). The number of hydrogen-bond acceptors (Lipinski definition) is 1. The van der Waals surface area contributed by atoms with Gasteiger partial charge < -0.3 is 5.11 Å². The number of halogens is 1. The molecular formula is C8H11ClO2. The summed E-state index contributed by atoms with van der Waals surface area (Å²) >= 11 is 5.59. The van der Waals surface area contributed by atoms with Crippen LogP contribution >= 0.6 is 11.6 Å². The molecule has 0 amide bonds. The number of alkyl halides is 1. The average Bonchev–Trinajstić information content (AvgIpc) is 1.87. The molecule has 0 aliphatic carbocycles. The van der Waals surface area contributed by atoms with E-state index in [2.05, 4.69) is 0 Å². The molecule has 0 radical (unpaired) electrons. The smallest absolute Gasteiger partial charge is 0.333 e. The summed E-state index contributed by atoms with van der Waals surface area (Å²) in [5, 5.41) is 8.13. The largest absolute Gasteiger partial charge is 0.478 e. The zero-order chi connectivity index (χ0) is 8.85. The molecular weight excluding hydrogens is 164 g/mol. The van der Waals surface area contributed by atoms with E-state index in [9.17, 15) is 4.79 Å². The molecule has 0 fully saturated rings. The van der Waals surface area contributed by atoms with E-state index in [0.29, 0.717) is 0 Å². The van der Waals surface area contributed by atoms with Gasteiger partial charge in [-0.1, -0.05) is 18.2 Å². The van der Waals surface area contributed by atoms with Gasteiger partial charge >= 0.3 is 5.97 Å². The fourth-order valence-corrected chi connectivity index (χ4v) is 0.740. The third-order valence-corrected chi connectivity index (χ3v) is 1.38. The summed E-state index contributed by atoms with van der Waals surface area (Å²) in [4.78, 5) is 10.5. The van der Waals surface area contributed by atoms with Gasteiger partial charge in [-0.3, -0.25) is 0 Å². The third kappa shape index (κ3) is 3.83. The topological polar surface area (TPSA) is 37.3 Å². The Morgan fingerprint density at radius 1 is 1.64 bits per heavy atom. The van der Waals surface area contributed by atoms with Crippen molar-refractivity contribution in [2.75, 3.05) is 0 Å². The normalized spacial score (nSPS) is 15.4. The Morgan fingerprint density at radius 2 is 2.18 bits per heavy atom. The van der Waals surface area contributed by atoms with E-state index in [0.717, 1.165) is 0 Å². The summed E-state index contributed by atoms with van der Waals surface area (Å²) in [7, 11) is 0. The minimum absolute atomic E-state index is 0.213. The summed E-state index contributed by atoms with van der Waals surface area (Å²) in [6.07, 6.45) is 4.91. The first-order valence-electron chi connectivity index (χ1n) is 3.29. The fraction of sp³-hybridized carbons (Fsp3) is 0.375. The molecule has 0 rings (SSSR count). The van der Waals surface area contributed by atoms with Crippen LogP contribution in [-0.2, 0) is 4.79 Å². The van der Waals surface area contributed by atoms with E-state index in [4.69, 9.17) is 16.7 Å². The van der Waals surface area contributed by atoms with Crippen molar-refractivity contribution in [2.45, 2.75) is 19.2 Å². The van der Waals surface area contributed by atoms with Crippen molar-refractivity contribution in [1.82, 2.24) is 0 Å². The van der Waals surface area contributed by atoms with Gasteiger partial charge in [0.05, 0.1) is 11.0 Å². The molecule has 1 atom stereocenters. The van der Waals surface area contributed by atoms with Crippen molar-refractivity contribution in [2.24, 2.45) is 0 Å². The van der Waals surface area contributed by atoms with Crippen molar-refractivity contribution < 1.29 is 9.90 Å². The van der Waals surface area contributed by atoms with E-state index in [1.807, 2.05) is 6.92 Å². The van der Waals surface area contributed by atoms with Crippen molar-refractivity contribution in [1.29, 1.82) is 0 Å². The highest BCUT2D eigenvalue weighted by atomic mass is 35.5. The monoisotopic (exact) mass is 174 g/mol. The molecule has 0 aliphatic rings. The minimum Gasteiger partial charge on any atom is -0.478 e. The van der Waals surface area contributed by atoms with Gasteiger partial charge in [-0.2, -0.15) is 0 Å². The lowest BCUT2D eigenvalue weighted by atomic mass is 10.2. The van der Waals surface area contributed by atoms with Crippen LogP contribution in [0.5, 0.6) is 0 Å². The number of carbonyl (C=O) groups is 1. The molecule has 1 N–H and O–H groups in total. The average molecular weight is 175 g/mol. The van der Waals surface area contributed by atoms with Gasteiger partial charge in [0.1, 0.15) is 0 Å². The van der Waals surface area contributed by atoms with E-state index in [1.165, 1.54) is 6.08 Å². The highest BCUT2D eigenvalue weighted by molar-refractivity contribution is 6.24. The molecule has 0 aromatic rings. The predicted molar refractivity (Wildman–Crippen MR) is 45.8 cm³/mol. The molecule has 0 saturated carbocycles. The van der Waals surface area contributed by atoms with Crippen LogP contribution in [0.2, 0.25) is 0 Å². The Balaban J connectivity index is 4.46. The fourth-order valence-electron chi connectivity index (χ4n) is 0.574. The Bertz CT molecular complexity index is 192. The maximum Gasteiger partial charge on any atom is 0.333 e. The zero-order valence-electron chi connectivity index (χ0n) is 6.54. The van der Waals surface area contributed by atoms with Gasteiger partial charge in [-0.25, -0.2) is 4.79 Å². The summed E-state index contributed by atoms with van der Waals surface area (Å²) in [6, 6.07) is 0. The van der Waals surface area contributed by atoms with Gasteiger partial charge in [-0.15, -0.1) is 11.6 Å². The molecule has 2 nitrogen and oxygen atoms in total. The molecule has 1 unspecified atom stereocenters. The quantitative estimate of drug-likeness (QED) is 0.405. The summed E-state index contributed by atoms with van der Waals surface area (Å²) < 4.78 is 0. The molecule has 62 valence electrons. The first kappa shape index (κ1) is 10.2. The van der Waals surface area contributed by atoms with E-state index < -0.39 is 11.3 Å². The van der Waals surface area contributed by atoms with Crippen LogP contribution in [0.25, 0.3) is 0 Å². The summed E-state index contributed by atoms with van der Waals surface area (Å²) in [5.74, 6) is -0.967. The molecule has 0 bridgehead atoms. The molecule has 0 spiro atoms. The lowest BCUT2D eigenvalue weighted by molar-refractivity contribution is -0.132. The Kier molecular flexibility index (Phi) is 4.62. The third-order valence-electron chi connectivity index (χ3n) is 1.14. The minimum atomic E-state index is -0.967. The molecule has 0 aromatic heterocycles. The molecule has 0 aliphatic heterocycles. The highest BCUT2D eigenvalue weighted by Crippen LogP contribution is 2.09. The first-order chi connectivity index (χ1) is 5.09. The lowest BCUT2D eigenvalue weighted by Crippen LogP contribution is -2.08. The lowest BCUT2D eigenvalue weighted by Gasteiger charge is -2.01. The van der Waals surface area contributed by atoms with Crippen LogP contribution in [-0.4, -0.2) is 16.5 Å². The van der Waals surface area contributed by atoms with E-state index >= 15 is 0 Å². The highest BCUT2D eigenvalue weighted by Gasteiger charge is 2.11. The van der Waals surface area contributed by atoms with Crippen molar-refractivity contribution in [3.63, 3.8) is 0 Å². The molecule has 0 heterocycles. The van der Waals surface area contributed by atoms with Crippen LogP contribution in [0.15, 0.2) is 23.8 Å². The summed E-state index contributed by atoms with van der Waals surface area (Å²) in [6.45, 7) is 3.44. The zero-order valence-corrected chi connectivity index (χ0v) is 7.30. The van der Waals surface area contributed by atoms with Crippen LogP contribution in [0.3, 0.4) is 0 Å². The second-order valence-electron chi connectivity index (χ2n) is 2.07. The van der Waals surface area contributed by atoms with Gasteiger partial charge in [-0.05, 0) is 13.8 Å². The second kappa shape index (κ2) is 4.97.